The smallest absolute Gasteiger partial charge is 0.251 e. The fraction of sp³-hybridized carbons (Fsp3) is 0.500. The van der Waals surface area contributed by atoms with Crippen molar-refractivity contribution < 1.29 is 14.3 Å². The molecular weight excluding hydrogens is 448 g/mol. The standard InChI is InChI=1S/C24H38N8O3/c1-4-10-27-22-30-23(28-11-8-18(2)3)32-24(31-22)29-20-7-5-6-19(17-20)21(33)26-12-14-35-16-15-34-13-9-25/h4-7,17-18H,1,8-16,25H2,2-3H3,(H,26,33)(H3,27,28,29,30,31,32). The first-order valence-electron chi connectivity index (χ1n) is 11.9. The van der Waals surface area contributed by atoms with Gasteiger partial charge in [-0.1, -0.05) is 26.0 Å². The normalized spacial score (nSPS) is 10.7. The fourth-order valence-corrected chi connectivity index (χ4v) is 2.84. The van der Waals surface area contributed by atoms with Crippen LogP contribution in [0.1, 0.15) is 30.6 Å². The second-order valence-corrected chi connectivity index (χ2v) is 8.06. The van der Waals surface area contributed by atoms with Crippen molar-refractivity contribution in [3.05, 3.63) is 42.5 Å². The zero-order valence-electron chi connectivity index (χ0n) is 20.7. The first kappa shape index (κ1) is 28.0. The lowest BCUT2D eigenvalue weighted by Crippen LogP contribution is -2.27. The molecule has 192 valence electrons. The van der Waals surface area contributed by atoms with E-state index in [1.807, 2.05) is 6.07 Å². The highest BCUT2D eigenvalue weighted by Gasteiger charge is 2.10. The van der Waals surface area contributed by atoms with Gasteiger partial charge in [-0.25, -0.2) is 0 Å². The fourth-order valence-electron chi connectivity index (χ4n) is 2.84. The summed E-state index contributed by atoms with van der Waals surface area (Å²) in [5.41, 5.74) is 6.54. The molecule has 0 radical (unpaired) electrons. The van der Waals surface area contributed by atoms with E-state index in [9.17, 15) is 4.79 Å². The van der Waals surface area contributed by atoms with Crippen molar-refractivity contribution in [2.75, 3.05) is 68.6 Å². The highest BCUT2D eigenvalue weighted by Crippen LogP contribution is 2.17. The minimum Gasteiger partial charge on any atom is -0.378 e. The van der Waals surface area contributed by atoms with Crippen LogP contribution in [0.2, 0.25) is 0 Å². The Morgan fingerprint density at radius 2 is 1.74 bits per heavy atom. The molecule has 11 heteroatoms. The summed E-state index contributed by atoms with van der Waals surface area (Å²) in [5.74, 6) is 1.63. The van der Waals surface area contributed by atoms with Crippen LogP contribution in [0.25, 0.3) is 0 Å². The van der Waals surface area contributed by atoms with Crippen molar-refractivity contribution in [2.24, 2.45) is 11.7 Å². The Kier molecular flexibility index (Phi) is 13.1. The van der Waals surface area contributed by atoms with Crippen LogP contribution in [0, 0.1) is 5.92 Å². The number of nitrogens with one attached hydrogen (secondary N) is 4. The van der Waals surface area contributed by atoms with Crippen LogP contribution in [0.15, 0.2) is 36.9 Å². The van der Waals surface area contributed by atoms with Gasteiger partial charge in [0, 0.05) is 37.4 Å². The molecule has 0 spiro atoms. The van der Waals surface area contributed by atoms with Gasteiger partial charge in [-0.2, -0.15) is 15.0 Å². The number of nitrogens with zero attached hydrogens (tertiary/aromatic N) is 3. The van der Waals surface area contributed by atoms with E-state index < -0.39 is 0 Å². The molecule has 1 heterocycles. The van der Waals surface area contributed by atoms with Crippen LogP contribution in [-0.2, 0) is 9.47 Å². The molecule has 0 saturated heterocycles. The lowest BCUT2D eigenvalue weighted by molar-refractivity contribution is 0.0511. The Morgan fingerprint density at radius 1 is 1.03 bits per heavy atom. The topological polar surface area (TPSA) is 148 Å². The Balaban J connectivity index is 1.94. The summed E-state index contributed by atoms with van der Waals surface area (Å²) in [4.78, 5) is 25.8. The third kappa shape index (κ3) is 11.6. The first-order chi connectivity index (χ1) is 17.0. The number of aromatic nitrogens is 3. The van der Waals surface area contributed by atoms with Gasteiger partial charge in [0.25, 0.3) is 5.91 Å². The summed E-state index contributed by atoms with van der Waals surface area (Å²) >= 11 is 0. The van der Waals surface area contributed by atoms with Crippen molar-refractivity contribution in [1.29, 1.82) is 0 Å². The minimum absolute atomic E-state index is 0.198. The Labute approximate surface area is 207 Å². The van der Waals surface area contributed by atoms with E-state index in [-0.39, 0.29) is 5.91 Å². The van der Waals surface area contributed by atoms with Crippen LogP contribution in [0.5, 0.6) is 0 Å². The SMILES string of the molecule is C=CCNc1nc(NCCC(C)C)nc(Nc2cccc(C(=O)NCCOCCOCCN)c2)n1. The monoisotopic (exact) mass is 486 g/mol. The first-order valence-corrected chi connectivity index (χ1v) is 11.9. The zero-order chi connectivity index (χ0) is 25.3. The zero-order valence-corrected chi connectivity index (χ0v) is 20.7. The molecule has 0 atom stereocenters. The average molecular weight is 487 g/mol. The lowest BCUT2D eigenvalue weighted by atomic mass is 10.1. The van der Waals surface area contributed by atoms with Crippen LogP contribution in [-0.4, -0.2) is 73.5 Å². The number of hydrogen-bond donors (Lipinski definition) is 5. The molecule has 1 aromatic carbocycles. The molecule has 35 heavy (non-hydrogen) atoms. The summed E-state index contributed by atoms with van der Waals surface area (Å²) in [5, 5.41) is 12.3. The van der Waals surface area contributed by atoms with Crippen molar-refractivity contribution in [1.82, 2.24) is 20.3 Å². The van der Waals surface area contributed by atoms with E-state index >= 15 is 0 Å². The third-order valence-electron chi connectivity index (χ3n) is 4.59. The van der Waals surface area contributed by atoms with E-state index in [4.69, 9.17) is 15.2 Å². The molecule has 0 saturated carbocycles. The maximum Gasteiger partial charge on any atom is 0.251 e. The van der Waals surface area contributed by atoms with E-state index in [0.29, 0.717) is 81.1 Å². The summed E-state index contributed by atoms with van der Waals surface area (Å²) in [7, 11) is 0. The average Bonchev–Trinajstić information content (AvgIpc) is 2.84. The van der Waals surface area contributed by atoms with E-state index in [1.165, 1.54) is 0 Å². The van der Waals surface area contributed by atoms with Gasteiger partial charge in [0.1, 0.15) is 0 Å². The molecule has 0 bridgehead atoms. The van der Waals surface area contributed by atoms with Crippen LogP contribution in [0.4, 0.5) is 23.5 Å². The molecule has 11 nitrogen and oxygen atoms in total. The maximum absolute atomic E-state index is 12.5. The van der Waals surface area contributed by atoms with Gasteiger partial charge in [0.15, 0.2) is 0 Å². The molecule has 0 aliphatic carbocycles. The largest absolute Gasteiger partial charge is 0.378 e. The van der Waals surface area contributed by atoms with Crippen LogP contribution >= 0.6 is 0 Å². The summed E-state index contributed by atoms with van der Waals surface area (Å²) in [6, 6.07) is 7.12. The van der Waals surface area contributed by atoms with Crippen LogP contribution < -0.4 is 27.0 Å². The molecule has 0 unspecified atom stereocenters. The van der Waals surface area contributed by atoms with E-state index in [1.54, 1.807) is 24.3 Å². The van der Waals surface area contributed by atoms with E-state index in [2.05, 4.69) is 56.6 Å². The molecule has 0 aliphatic rings. The highest BCUT2D eigenvalue weighted by atomic mass is 16.5. The Hall–Kier alpha value is -3.28. The third-order valence-corrected chi connectivity index (χ3v) is 4.59. The van der Waals surface area contributed by atoms with Crippen molar-refractivity contribution in [3.63, 3.8) is 0 Å². The number of anilines is 4. The summed E-state index contributed by atoms with van der Waals surface area (Å²) in [6.45, 7) is 12.0. The number of carbonyl (C=O) groups excluding carboxylic acids is 1. The number of nitrogens with two attached hydrogens (primary N) is 1. The molecule has 6 N–H and O–H groups in total. The number of ether oxygens (including phenoxy) is 2. The maximum atomic E-state index is 12.5. The lowest BCUT2D eigenvalue weighted by Gasteiger charge is -2.12. The number of benzene rings is 1. The predicted octanol–water partition coefficient (Wildman–Crippen LogP) is 2.39. The van der Waals surface area contributed by atoms with Gasteiger partial charge in [0.05, 0.1) is 26.4 Å². The van der Waals surface area contributed by atoms with E-state index in [0.717, 1.165) is 13.0 Å². The van der Waals surface area contributed by atoms with Crippen molar-refractivity contribution in [3.8, 4) is 0 Å². The Bertz CT molecular complexity index is 910. The van der Waals surface area contributed by atoms with Gasteiger partial charge in [-0.3, -0.25) is 4.79 Å². The molecule has 2 rings (SSSR count). The number of carbonyl (C=O) groups is 1. The van der Waals surface area contributed by atoms with Gasteiger partial charge in [-0.15, -0.1) is 6.58 Å². The second kappa shape index (κ2) is 16.4. The summed E-state index contributed by atoms with van der Waals surface area (Å²) < 4.78 is 10.7. The van der Waals surface area contributed by atoms with Gasteiger partial charge in [0.2, 0.25) is 17.8 Å². The molecule has 2 aromatic rings. The second-order valence-electron chi connectivity index (χ2n) is 8.06. The summed E-state index contributed by atoms with van der Waals surface area (Å²) in [6.07, 6.45) is 2.72. The number of rotatable bonds is 18. The molecule has 0 fully saturated rings. The van der Waals surface area contributed by atoms with Crippen LogP contribution in [0.3, 0.4) is 0 Å². The molecule has 1 amide bonds. The van der Waals surface area contributed by atoms with Gasteiger partial charge >= 0.3 is 0 Å². The number of hydrogen-bond acceptors (Lipinski definition) is 10. The van der Waals surface area contributed by atoms with Crippen molar-refractivity contribution in [2.45, 2.75) is 20.3 Å². The van der Waals surface area contributed by atoms with Crippen molar-refractivity contribution >= 4 is 29.4 Å². The number of amides is 1. The molecule has 1 aromatic heterocycles. The molecular formula is C24H38N8O3. The quantitative estimate of drug-likeness (QED) is 0.157. The Morgan fingerprint density at radius 3 is 2.46 bits per heavy atom. The predicted molar refractivity (Wildman–Crippen MR) is 139 cm³/mol. The van der Waals surface area contributed by atoms with Gasteiger partial charge in [-0.05, 0) is 30.5 Å². The van der Waals surface area contributed by atoms with Gasteiger partial charge < -0.3 is 36.5 Å². The highest BCUT2D eigenvalue weighted by molar-refractivity contribution is 5.95. The molecule has 0 aliphatic heterocycles. The minimum atomic E-state index is -0.198.